The van der Waals surface area contributed by atoms with Gasteiger partial charge in [-0.1, -0.05) is 24.3 Å². The predicted molar refractivity (Wildman–Crippen MR) is 101 cm³/mol. The second-order valence-electron chi connectivity index (χ2n) is 7.12. The standard InChI is InChI=1S/C20H20F3N5O2/c21-20(22,23)18-26-19-24-10-9-16(28(19)27-18)14-5-3-13(4-6-14)12-25-17(29)8-7-15-2-1-11-30-15/h3-6,9-10,15H,1-2,7-8,11-12H2,(H,25,29)/t15-/m0/s1. The summed E-state index contributed by atoms with van der Waals surface area (Å²) in [7, 11) is 0. The molecule has 1 atom stereocenters. The lowest BCUT2D eigenvalue weighted by Crippen LogP contribution is -2.23. The zero-order chi connectivity index (χ0) is 21.1. The van der Waals surface area contributed by atoms with Crippen molar-refractivity contribution in [2.45, 2.75) is 44.5 Å². The van der Waals surface area contributed by atoms with E-state index in [1.54, 1.807) is 18.2 Å². The van der Waals surface area contributed by atoms with Gasteiger partial charge in [0.05, 0.1) is 11.8 Å². The first-order chi connectivity index (χ1) is 14.4. The second kappa shape index (κ2) is 8.39. The number of nitrogens with one attached hydrogen (secondary N) is 1. The van der Waals surface area contributed by atoms with Crippen molar-refractivity contribution in [3.05, 3.63) is 47.9 Å². The number of alkyl halides is 3. The molecule has 1 aromatic carbocycles. The van der Waals surface area contributed by atoms with E-state index in [0.29, 0.717) is 24.2 Å². The average molecular weight is 419 g/mol. The van der Waals surface area contributed by atoms with Crippen LogP contribution in [0.1, 0.15) is 37.1 Å². The summed E-state index contributed by atoms with van der Waals surface area (Å²) in [6.45, 7) is 1.15. The van der Waals surface area contributed by atoms with Crippen LogP contribution in [0.15, 0.2) is 36.5 Å². The third kappa shape index (κ3) is 4.59. The normalized spacial score (nSPS) is 16.8. The molecule has 0 unspecified atom stereocenters. The first-order valence-corrected chi connectivity index (χ1v) is 9.67. The molecular weight excluding hydrogens is 399 g/mol. The number of aromatic nitrogens is 4. The molecule has 0 aliphatic carbocycles. The number of carbonyl (C=O) groups excluding carboxylic acids is 1. The average Bonchev–Trinajstić information content (AvgIpc) is 3.40. The van der Waals surface area contributed by atoms with Gasteiger partial charge in [0.1, 0.15) is 0 Å². The van der Waals surface area contributed by atoms with Gasteiger partial charge in [0.2, 0.25) is 5.91 Å². The van der Waals surface area contributed by atoms with E-state index in [0.717, 1.165) is 35.9 Å². The van der Waals surface area contributed by atoms with Gasteiger partial charge >= 0.3 is 6.18 Å². The first-order valence-electron chi connectivity index (χ1n) is 9.67. The maximum absolute atomic E-state index is 12.9. The van der Waals surface area contributed by atoms with Gasteiger partial charge < -0.3 is 10.1 Å². The minimum Gasteiger partial charge on any atom is -0.378 e. The Morgan fingerprint density at radius 1 is 1.23 bits per heavy atom. The van der Waals surface area contributed by atoms with Gasteiger partial charge in [-0.2, -0.15) is 22.7 Å². The van der Waals surface area contributed by atoms with Crippen LogP contribution >= 0.6 is 0 Å². The highest BCUT2D eigenvalue weighted by Crippen LogP contribution is 2.28. The zero-order valence-corrected chi connectivity index (χ0v) is 16.0. The number of rotatable bonds is 6. The molecule has 10 heteroatoms. The molecule has 1 fully saturated rings. The van der Waals surface area contributed by atoms with Crippen LogP contribution in [0.2, 0.25) is 0 Å². The highest BCUT2D eigenvalue weighted by Gasteiger charge is 2.36. The van der Waals surface area contributed by atoms with E-state index in [-0.39, 0.29) is 17.8 Å². The quantitative estimate of drug-likeness (QED) is 0.663. The third-order valence-electron chi connectivity index (χ3n) is 4.95. The first kappa shape index (κ1) is 20.3. The van der Waals surface area contributed by atoms with Crippen molar-refractivity contribution in [2.24, 2.45) is 0 Å². The number of hydrogen-bond acceptors (Lipinski definition) is 5. The van der Waals surface area contributed by atoms with Crippen LogP contribution in [-0.2, 0) is 22.3 Å². The van der Waals surface area contributed by atoms with Gasteiger partial charge in [0, 0.05) is 31.3 Å². The summed E-state index contributed by atoms with van der Waals surface area (Å²) in [5.74, 6) is -1.39. The number of hydrogen-bond donors (Lipinski definition) is 1. The number of benzene rings is 1. The van der Waals surface area contributed by atoms with Crippen LogP contribution in [0.4, 0.5) is 13.2 Å². The fourth-order valence-electron chi connectivity index (χ4n) is 3.38. The van der Waals surface area contributed by atoms with Crippen LogP contribution in [0.25, 0.3) is 17.0 Å². The number of nitrogens with zero attached hydrogens (tertiary/aromatic N) is 4. The summed E-state index contributed by atoms with van der Waals surface area (Å²) in [5, 5.41) is 6.42. The highest BCUT2D eigenvalue weighted by atomic mass is 19.4. The van der Waals surface area contributed by atoms with Crippen LogP contribution < -0.4 is 5.32 Å². The largest absolute Gasteiger partial charge is 0.453 e. The monoisotopic (exact) mass is 419 g/mol. The van der Waals surface area contributed by atoms with Gasteiger partial charge in [-0.15, -0.1) is 5.10 Å². The van der Waals surface area contributed by atoms with E-state index in [9.17, 15) is 18.0 Å². The Morgan fingerprint density at radius 2 is 2.03 bits per heavy atom. The molecule has 1 aliphatic heterocycles. The molecule has 0 radical (unpaired) electrons. The van der Waals surface area contributed by atoms with E-state index >= 15 is 0 Å². The molecule has 0 spiro atoms. The fourth-order valence-corrected chi connectivity index (χ4v) is 3.38. The van der Waals surface area contributed by atoms with Crippen LogP contribution in [0, 0.1) is 0 Å². The van der Waals surface area contributed by atoms with Crippen molar-refractivity contribution >= 4 is 11.7 Å². The number of ether oxygens (including phenoxy) is 1. The summed E-state index contributed by atoms with van der Waals surface area (Å²) >= 11 is 0. The van der Waals surface area contributed by atoms with Gasteiger partial charge in [0.25, 0.3) is 11.6 Å². The maximum Gasteiger partial charge on any atom is 0.453 e. The second-order valence-corrected chi connectivity index (χ2v) is 7.12. The van der Waals surface area contributed by atoms with Crippen molar-refractivity contribution < 1.29 is 22.7 Å². The minimum absolute atomic E-state index is 0.0345. The molecule has 1 N–H and O–H groups in total. The van der Waals surface area contributed by atoms with Gasteiger partial charge in [-0.25, -0.2) is 4.98 Å². The fraction of sp³-hybridized carbons (Fsp3) is 0.400. The Morgan fingerprint density at radius 3 is 2.73 bits per heavy atom. The summed E-state index contributed by atoms with van der Waals surface area (Å²) < 4.78 is 45.3. The smallest absolute Gasteiger partial charge is 0.378 e. The molecule has 1 amide bonds. The van der Waals surface area contributed by atoms with Crippen LogP contribution in [0.5, 0.6) is 0 Å². The summed E-state index contributed by atoms with van der Waals surface area (Å²) in [4.78, 5) is 19.3. The maximum atomic E-state index is 12.9. The molecule has 2 aromatic heterocycles. The number of amides is 1. The van der Waals surface area contributed by atoms with Crippen molar-refractivity contribution in [3.8, 4) is 11.3 Å². The van der Waals surface area contributed by atoms with E-state index < -0.39 is 12.0 Å². The van der Waals surface area contributed by atoms with Crippen molar-refractivity contribution in [1.29, 1.82) is 0 Å². The summed E-state index contributed by atoms with van der Waals surface area (Å²) in [5.41, 5.74) is 1.98. The molecule has 4 rings (SSSR count). The molecule has 7 nitrogen and oxygen atoms in total. The lowest BCUT2D eigenvalue weighted by molar-refractivity contribution is -0.144. The molecular formula is C20H20F3N5O2. The van der Waals surface area contributed by atoms with Crippen LogP contribution in [0.3, 0.4) is 0 Å². The molecule has 30 heavy (non-hydrogen) atoms. The molecule has 1 saturated heterocycles. The molecule has 0 bridgehead atoms. The van der Waals surface area contributed by atoms with Crippen molar-refractivity contribution in [1.82, 2.24) is 24.9 Å². The summed E-state index contributed by atoms with van der Waals surface area (Å²) in [6, 6.07) is 8.71. The topological polar surface area (TPSA) is 81.4 Å². The predicted octanol–water partition coefficient (Wildman–Crippen LogP) is 3.39. The van der Waals surface area contributed by atoms with Gasteiger partial charge in [0.15, 0.2) is 0 Å². The van der Waals surface area contributed by atoms with Gasteiger partial charge in [-0.05, 0) is 30.9 Å². The Hall–Kier alpha value is -3.01. The number of carbonyl (C=O) groups is 1. The Kier molecular flexibility index (Phi) is 5.67. The van der Waals surface area contributed by atoms with E-state index in [2.05, 4.69) is 20.4 Å². The third-order valence-corrected chi connectivity index (χ3v) is 4.95. The van der Waals surface area contributed by atoms with E-state index in [1.807, 2.05) is 12.1 Å². The molecule has 3 heterocycles. The molecule has 3 aromatic rings. The molecule has 158 valence electrons. The Bertz CT molecular complexity index is 1030. The number of fused-ring (bicyclic) bond motifs is 1. The van der Waals surface area contributed by atoms with E-state index in [1.165, 1.54) is 6.20 Å². The van der Waals surface area contributed by atoms with Crippen molar-refractivity contribution in [3.63, 3.8) is 0 Å². The summed E-state index contributed by atoms with van der Waals surface area (Å²) in [6.07, 6.45) is 0.133. The molecule has 0 saturated carbocycles. The Labute approximate surface area is 170 Å². The van der Waals surface area contributed by atoms with E-state index in [4.69, 9.17) is 4.74 Å². The lowest BCUT2D eigenvalue weighted by atomic mass is 10.1. The zero-order valence-electron chi connectivity index (χ0n) is 16.0. The Balaban J connectivity index is 1.41. The van der Waals surface area contributed by atoms with Crippen LogP contribution in [-0.4, -0.2) is 38.2 Å². The SMILES string of the molecule is O=C(CC[C@@H]1CCCO1)NCc1ccc(-c2ccnc3nc(C(F)(F)F)nn23)cc1. The van der Waals surface area contributed by atoms with Gasteiger partial charge in [-0.3, -0.25) is 4.79 Å². The highest BCUT2D eigenvalue weighted by molar-refractivity contribution is 5.75. The van der Waals surface area contributed by atoms with Crippen molar-refractivity contribution in [2.75, 3.05) is 6.61 Å². The molecule has 1 aliphatic rings. The lowest BCUT2D eigenvalue weighted by Gasteiger charge is -2.10. The number of halogens is 3. The minimum atomic E-state index is -4.64.